The van der Waals surface area contributed by atoms with Crippen molar-refractivity contribution < 1.29 is 14.3 Å². The van der Waals surface area contributed by atoms with Gasteiger partial charge in [0.05, 0.1) is 0 Å². The highest BCUT2D eigenvalue weighted by Crippen LogP contribution is 2.15. The molecule has 0 bridgehead atoms. The minimum absolute atomic E-state index is 0.300. The zero-order valence-electron chi connectivity index (χ0n) is 7.18. The van der Waals surface area contributed by atoms with Crippen molar-refractivity contribution in [1.29, 1.82) is 0 Å². The van der Waals surface area contributed by atoms with Crippen LogP contribution in [-0.2, 0) is 4.79 Å². The average Bonchev–Trinajstić information content (AvgIpc) is 2.57. The summed E-state index contributed by atoms with van der Waals surface area (Å²) in [6.45, 7) is 0. The topological polar surface area (TPSA) is 63.3 Å². The number of nitrogens with zero attached hydrogens (tertiary/aromatic N) is 1. The highest BCUT2D eigenvalue weighted by molar-refractivity contribution is 5.85. The number of carboxylic acids is 1. The molecule has 2 aromatic rings. The molecule has 2 rings (SSSR count). The molecule has 0 aliphatic rings. The Bertz CT molecular complexity index is 466. The fourth-order valence-electron chi connectivity index (χ4n) is 1.10. The summed E-state index contributed by atoms with van der Waals surface area (Å²) >= 11 is 0. The van der Waals surface area contributed by atoms with E-state index >= 15 is 0 Å². The second-order valence-corrected chi connectivity index (χ2v) is 2.69. The summed E-state index contributed by atoms with van der Waals surface area (Å²) in [5.74, 6) is -0.721. The fraction of sp³-hybridized carbons (Fsp3) is 0. The van der Waals surface area contributed by atoms with Gasteiger partial charge in [0.25, 0.3) is 0 Å². The van der Waals surface area contributed by atoms with Crippen LogP contribution in [0.4, 0.5) is 0 Å². The molecule has 1 aromatic heterocycles. The molecule has 0 spiro atoms. The Morgan fingerprint density at radius 3 is 2.93 bits per heavy atom. The molecule has 1 aromatic carbocycles. The maximum Gasteiger partial charge on any atom is 0.328 e. The Balaban J connectivity index is 2.40. The van der Waals surface area contributed by atoms with Crippen molar-refractivity contribution in [2.45, 2.75) is 0 Å². The zero-order chi connectivity index (χ0) is 9.97. The lowest BCUT2D eigenvalue weighted by molar-refractivity contribution is -0.131. The number of fused-ring (bicyclic) bond motifs is 1. The highest BCUT2D eigenvalue weighted by atomic mass is 16.4. The van der Waals surface area contributed by atoms with Crippen molar-refractivity contribution in [1.82, 2.24) is 4.98 Å². The van der Waals surface area contributed by atoms with Crippen LogP contribution in [0.25, 0.3) is 17.2 Å². The highest BCUT2D eigenvalue weighted by Gasteiger charge is 2.01. The summed E-state index contributed by atoms with van der Waals surface area (Å²) in [4.78, 5) is 14.3. The Labute approximate surface area is 79.5 Å². The summed E-state index contributed by atoms with van der Waals surface area (Å²) in [7, 11) is 0. The average molecular weight is 189 g/mol. The number of hydrogen-bond acceptors (Lipinski definition) is 3. The molecule has 14 heavy (non-hydrogen) atoms. The Hall–Kier alpha value is -2.10. The number of oxazole rings is 1. The molecule has 0 atom stereocenters. The van der Waals surface area contributed by atoms with Crippen LogP contribution < -0.4 is 0 Å². The Morgan fingerprint density at radius 1 is 1.43 bits per heavy atom. The summed E-state index contributed by atoms with van der Waals surface area (Å²) in [6, 6.07) is 7.26. The van der Waals surface area contributed by atoms with E-state index in [4.69, 9.17) is 9.52 Å². The molecular formula is C10H7NO3. The van der Waals surface area contributed by atoms with Gasteiger partial charge >= 0.3 is 5.97 Å². The van der Waals surface area contributed by atoms with Crippen molar-refractivity contribution in [2.75, 3.05) is 0 Å². The molecule has 1 N–H and O–H groups in total. The molecule has 70 valence electrons. The minimum Gasteiger partial charge on any atom is -0.478 e. The lowest BCUT2D eigenvalue weighted by atomic mass is 10.3. The summed E-state index contributed by atoms with van der Waals surface area (Å²) in [5.41, 5.74) is 1.37. The first-order valence-corrected chi connectivity index (χ1v) is 4.02. The number of carboxylic acid groups (broad SMARTS) is 1. The fourth-order valence-corrected chi connectivity index (χ4v) is 1.10. The lowest BCUT2D eigenvalue weighted by Crippen LogP contribution is -1.85. The van der Waals surface area contributed by atoms with Gasteiger partial charge in [0.1, 0.15) is 5.52 Å². The van der Waals surface area contributed by atoms with E-state index in [1.54, 1.807) is 12.1 Å². The van der Waals surface area contributed by atoms with Gasteiger partial charge in [-0.25, -0.2) is 9.78 Å². The van der Waals surface area contributed by atoms with Crippen LogP contribution in [0, 0.1) is 0 Å². The predicted molar refractivity (Wildman–Crippen MR) is 50.7 cm³/mol. The molecule has 0 radical (unpaired) electrons. The van der Waals surface area contributed by atoms with E-state index in [1.807, 2.05) is 12.1 Å². The number of aliphatic carboxylic acids is 1. The van der Waals surface area contributed by atoms with Crippen LogP contribution in [0.2, 0.25) is 0 Å². The molecule has 0 unspecified atom stereocenters. The van der Waals surface area contributed by atoms with Gasteiger partial charge in [0.15, 0.2) is 5.58 Å². The van der Waals surface area contributed by atoms with Crippen LogP contribution >= 0.6 is 0 Å². The van der Waals surface area contributed by atoms with Crippen molar-refractivity contribution in [3.8, 4) is 0 Å². The van der Waals surface area contributed by atoms with Gasteiger partial charge in [-0.05, 0) is 12.1 Å². The third-order valence-electron chi connectivity index (χ3n) is 1.68. The zero-order valence-corrected chi connectivity index (χ0v) is 7.18. The van der Waals surface area contributed by atoms with E-state index < -0.39 is 5.97 Å². The maximum atomic E-state index is 10.2. The SMILES string of the molecule is O=C(O)C=Cc1nc2ccccc2o1. The predicted octanol–water partition coefficient (Wildman–Crippen LogP) is 1.93. The molecule has 0 fully saturated rings. The number of aromatic nitrogens is 1. The van der Waals surface area contributed by atoms with E-state index in [-0.39, 0.29) is 0 Å². The summed E-state index contributed by atoms with van der Waals surface area (Å²) < 4.78 is 5.26. The van der Waals surface area contributed by atoms with Gasteiger partial charge < -0.3 is 9.52 Å². The van der Waals surface area contributed by atoms with Gasteiger partial charge in [0.2, 0.25) is 5.89 Å². The molecule has 0 aliphatic carbocycles. The summed E-state index contributed by atoms with van der Waals surface area (Å²) in [6.07, 6.45) is 2.31. The Kier molecular flexibility index (Phi) is 2.02. The maximum absolute atomic E-state index is 10.2. The van der Waals surface area contributed by atoms with Gasteiger partial charge in [-0.15, -0.1) is 0 Å². The van der Waals surface area contributed by atoms with Gasteiger partial charge in [-0.1, -0.05) is 12.1 Å². The number of benzene rings is 1. The largest absolute Gasteiger partial charge is 0.478 e. The van der Waals surface area contributed by atoms with Crippen LogP contribution in [0.5, 0.6) is 0 Å². The minimum atomic E-state index is -1.02. The molecule has 1 heterocycles. The van der Waals surface area contributed by atoms with Gasteiger partial charge in [-0.3, -0.25) is 0 Å². The quantitative estimate of drug-likeness (QED) is 0.733. The van der Waals surface area contributed by atoms with E-state index in [0.29, 0.717) is 11.5 Å². The van der Waals surface area contributed by atoms with Crippen LogP contribution in [0.1, 0.15) is 5.89 Å². The van der Waals surface area contributed by atoms with Crippen molar-refractivity contribution >= 4 is 23.1 Å². The molecule has 4 heteroatoms. The van der Waals surface area contributed by atoms with E-state index in [9.17, 15) is 4.79 Å². The van der Waals surface area contributed by atoms with Crippen LogP contribution in [0.15, 0.2) is 34.8 Å². The number of hydrogen-bond donors (Lipinski definition) is 1. The van der Waals surface area contributed by atoms with Crippen LogP contribution in [0.3, 0.4) is 0 Å². The number of rotatable bonds is 2. The molecule has 0 saturated heterocycles. The number of para-hydroxylation sites is 2. The van der Waals surface area contributed by atoms with Gasteiger partial charge in [0, 0.05) is 12.2 Å². The first-order valence-electron chi connectivity index (χ1n) is 4.02. The van der Waals surface area contributed by atoms with E-state index in [0.717, 1.165) is 11.6 Å². The third-order valence-corrected chi connectivity index (χ3v) is 1.68. The van der Waals surface area contributed by atoms with Gasteiger partial charge in [-0.2, -0.15) is 0 Å². The first-order chi connectivity index (χ1) is 6.75. The summed E-state index contributed by atoms with van der Waals surface area (Å²) in [5, 5.41) is 8.39. The van der Waals surface area contributed by atoms with Crippen molar-refractivity contribution in [2.24, 2.45) is 0 Å². The van der Waals surface area contributed by atoms with Crippen LogP contribution in [-0.4, -0.2) is 16.1 Å². The third kappa shape index (κ3) is 1.64. The molecule has 0 aliphatic heterocycles. The van der Waals surface area contributed by atoms with E-state index in [2.05, 4.69) is 4.98 Å². The Morgan fingerprint density at radius 2 is 2.21 bits per heavy atom. The molecule has 0 amide bonds. The normalized spacial score (nSPS) is 11.1. The monoisotopic (exact) mass is 189 g/mol. The lowest BCUT2D eigenvalue weighted by Gasteiger charge is -1.80. The standard InChI is InChI=1S/C10H7NO3/c12-10(13)6-5-9-11-7-3-1-2-4-8(7)14-9/h1-6H,(H,12,13). The van der Waals surface area contributed by atoms with Crippen molar-refractivity contribution in [3.63, 3.8) is 0 Å². The molecule has 4 nitrogen and oxygen atoms in total. The van der Waals surface area contributed by atoms with Crippen molar-refractivity contribution in [3.05, 3.63) is 36.2 Å². The second kappa shape index (κ2) is 3.33. The number of carbonyl (C=O) groups is 1. The molecular weight excluding hydrogens is 182 g/mol. The molecule has 0 saturated carbocycles. The second-order valence-electron chi connectivity index (χ2n) is 2.69. The van der Waals surface area contributed by atoms with E-state index in [1.165, 1.54) is 6.08 Å². The smallest absolute Gasteiger partial charge is 0.328 e. The first kappa shape index (κ1) is 8.50.